The first kappa shape index (κ1) is 25.0. The van der Waals surface area contributed by atoms with E-state index in [1.54, 1.807) is 37.1 Å². The Bertz CT molecular complexity index is 1840. The van der Waals surface area contributed by atoms with E-state index in [1.807, 2.05) is 36.4 Å². The fourth-order valence-electron chi connectivity index (χ4n) is 4.04. The second-order valence-electron chi connectivity index (χ2n) is 8.44. The molecule has 0 aliphatic rings. The van der Waals surface area contributed by atoms with Crippen LogP contribution in [0.4, 0.5) is 5.82 Å². The Balaban J connectivity index is 0.000000198. The molecule has 1 amide bonds. The summed E-state index contributed by atoms with van der Waals surface area (Å²) in [5.41, 5.74) is 18.0. The molecule has 190 valence electrons. The first-order chi connectivity index (χ1) is 19.0. The Morgan fingerprint density at radius 3 is 2.49 bits per heavy atom. The fraction of sp³-hybridized carbons (Fsp3) is 0.0667. The van der Waals surface area contributed by atoms with Gasteiger partial charge in [-0.3, -0.25) is 14.8 Å². The van der Waals surface area contributed by atoms with Crippen molar-refractivity contribution in [1.29, 1.82) is 0 Å². The minimum Gasteiger partial charge on any atom is -0.381 e. The van der Waals surface area contributed by atoms with Gasteiger partial charge in [0.2, 0.25) is 0 Å². The van der Waals surface area contributed by atoms with Crippen molar-refractivity contribution in [2.45, 2.75) is 13.3 Å². The van der Waals surface area contributed by atoms with Crippen LogP contribution in [0.15, 0.2) is 91.6 Å². The minimum atomic E-state index is -0.619. The molecular formula is C30H24N8O. The highest BCUT2D eigenvalue weighted by molar-refractivity contribution is 6.03. The number of nitrogens with two attached hydrogens (primary N) is 2. The third-order valence-electron chi connectivity index (χ3n) is 5.91. The van der Waals surface area contributed by atoms with Crippen LogP contribution < -0.4 is 11.5 Å². The molecule has 0 aliphatic carbocycles. The fourth-order valence-corrected chi connectivity index (χ4v) is 4.04. The monoisotopic (exact) mass is 512 g/mol. The van der Waals surface area contributed by atoms with Gasteiger partial charge in [-0.2, -0.15) is 0 Å². The van der Waals surface area contributed by atoms with Gasteiger partial charge in [0.15, 0.2) is 11.5 Å². The van der Waals surface area contributed by atoms with Crippen molar-refractivity contribution in [2.75, 3.05) is 5.73 Å². The number of amides is 1. The largest absolute Gasteiger partial charge is 0.381 e. The van der Waals surface area contributed by atoms with E-state index in [-0.39, 0.29) is 11.4 Å². The molecule has 6 aromatic rings. The molecule has 39 heavy (non-hydrogen) atoms. The van der Waals surface area contributed by atoms with Gasteiger partial charge < -0.3 is 11.5 Å². The zero-order valence-electron chi connectivity index (χ0n) is 21.1. The number of aromatic nitrogens is 6. The van der Waals surface area contributed by atoms with Gasteiger partial charge >= 0.3 is 0 Å². The lowest BCUT2D eigenvalue weighted by Crippen LogP contribution is -2.12. The summed E-state index contributed by atoms with van der Waals surface area (Å²) in [6.07, 6.45) is 9.37. The van der Waals surface area contributed by atoms with Crippen molar-refractivity contribution in [3.05, 3.63) is 114 Å². The normalized spacial score (nSPS) is 10.4. The smallest absolute Gasteiger partial charge is 0.256 e. The summed E-state index contributed by atoms with van der Waals surface area (Å²) in [4.78, 5) is 28.4. The molecule has 0 saturated carbocycles. The van der Waals surface area contributed by atoms with Gasteiger partial charge in [-0.05, 0) is 42.3 Å². The average molecular weight is 513 g/mol. The number of benzene rings is 1. The molecule has 9 heteroatoms. The van der Waals surface area contributed by atoms with Crippen LogP contribution in [0.3, 0.4) is 0 Å². The molecule has 0 spiro atoms. The van der Waals surface area contributed by atoms with Gasteiger partial charge in [0, 0.05) is 42.1 Å². The molecule has 0 radical (unpaired) electrons. The van der Waals surface area contributed by atoms with Crippen LogP contribution in [0.2, 0.25) is 0 Å². The minimum absolute atomic E-state index is 0.103. The van der Waals surface area contributed by atoms with Gasteiger partial charge in [-0.1, -0.05) is 49.1 Å². The van der Waals surface area contributed by atoms with E-state index in [0.717, 1.165) is 39.8 Å². The predicted octanol–water partition coefficient (Wildman–Crippen LogP) is 4.06. The number of fused-ring (bicyclic) bond motifs is 2. The van der Waals surface area contributed by atoms with Crippen LogP contribution in [0.25, 0.3) is 27.9 Å². The summed E-state index contributed by atoms with van der Waals surface area (Å²) < 4.78 is 1.41. The van der Waals surface area contributed by atoms with E-state index in [2.05, 4.69) is 57.0 Å². The van der Waals surface area contributed by atoms with Crippen LogP contribution in [0.1, 0.15) is 34.0 Å². The maximum Gasteiger partial charge on any atom is 0.256 e. The van der Waals surface area contributed by atoms with Gasteiger partial charge in [0.1, 0.15) is 11.1 Å². The zero-order chi connectivity index (χ0) is 27.2. The molecular weight excluding hydrogens is 488 g/mol. The molecule has 9 nitrogen and oxygen atoms in total. The number of hydrogen-bond acceptors (Lipinski definition) is 7. The van der Waals surface area contributed by atoms with Crippen LogP contribution in [-0.2, 0) is 6.42 Å². The Morgan fingerprint density at radius 1 is 0.949 bits per heavy atom. The molecule has 0 saturated heterocycles. The van der Waals surface area contributed by atoms with Crippen molar-refractivity contribution >= 4 is 28.4 Å². The highest BCUT2D eigenvalue weighted by Gasteiger charge is 2.15. The van der Waals surface area contributed by atoms with Crippen molar-refractivity contribution < 1.29 is 4.79 Å². The number of hydrogen-bond donors (Lipinski definition) is 2. The summed E-state index contributed by atoms with van der Waals surface area (Å²) in [6.45, 7) is 2.14. The number of nitrogens with zero attached hydrogens (tertiary/aromatic N) is 6. The average Bonchev–Trinajstić information content (AvgIpc) is 3.32. The lowest BCUT2D eigenvalue weighted by Gasteiger charge is -2.10. The molecule has 0 bridgehead atoms. The SMILES string of the molecule is CCc1cc2nccc(C#Cc3ccncc3)c2nc1-c1ccccc1.NC(=O)c1c(N)nn2cccnc12. The van der Waals surface area contributed by atoms with Gasteiger partial charge in [0.25, 0.3) is 5.91 Å². The van der Waals surface area contributed by atoms with Crippen LogP contribution in [-0.4, -0.2) is 35.5 Å². The first-order valence-corrected chi connectivity index (χ1v) is 12.2. The molecule has 0 atom stereocenters. The number of pyridine rings is 3. The molecule has 6 rings (SSSR count). The number of rotatable bonds is 3. The van der Waals surface area contributed by atoms with E-state index in [4.69, 9.17) is 16.5 Å². The Morgan fingerprint density at radius 2 is 1.74 bits per heavy atom. The molecule has 0 unspecified atom stereocenters. The van der Waals surface area contributed by atoms with E-state index in [1.165, 1.54) is 10.1 Å². The second kappa shape index (κ2) is 11.2. The molecule has 4 N–H and O–H groups in total. The molecule has 0 fully saturated rings. The Kier molecular flexibility index (Phi) is 7.19. The third kappa shape index (κ3) is 5.40. The second-order valence-corrected chi connectivity index (χ2v) is 8.44. The summed E-state index contributed by atoms with van der Waals surface area (Å²) in [6, 6.07) is 19.8. The van der Waals surface area contributed by atoms with Gasteiger partial charge in [0.05, 0.1) is 16.8 Å². The van der Waals surface area contributed by atoms with Crippen molar-refractivity contribution in [2.24, 2.45) is 5.73 Å². The topological polar surface area (TPSA) is 138 Å². The summed E-state index contributed by atoms with van der Waals surface area (Å²) in [5.74, 6) is 5.91. The summed E-state index contributed by atoms with van der Waals surface area (Å²) in [5, 5.41) is 3.87. The summed E-state index contributed by atoms with van der Waals surface area (Å²) in [7, 11) is 0. The number of primary amides is 1. The molecule has 5 aromatic heterocycles. The predicted molar refractivity (Wildman–Crippen MR) is 150 cm³/mol. The zero-order valence-corrected chi connectivity index (χ0v) is 21.1. The Labute approximate surface area is 224 Å². The van der Waals surface area contributed by atoms with Gasteiger partial charge in [-0.15, -0.1) is 5.10 Å². The highest BCUT2D eigenvalue weighted by Crippen LogP contribution is 2.26. The number of aryl methyl sites for hydroxylation is 1. The van der Waals surface area contributed by atoms with Crippen LogP contribution in [0, 0.1) is 11.8 Å². The lowest BCUT2D eigenvalue weighted by atomic mass is 10.0. The van der Waals surface area contributed by atoms with Crippen molar-refractivity contribution in [3.8, 4) is 23.1 Å². The number of nitrogen functional groups attached to an aromatic ring is 1. The van der Waals surface area contributed by atoms with E-state index >= 15 is 0 Å². The molecule has 5 heterocycles. The first-order valence-electron chi connectivity index (χ1n) is 12.2. The van der Waals surface area contributed by atoms with Crippen molar-refractivity contribution in [1.82, 2.24) is 29.5 Å². The highest BCUT2D eigenvalue weighted by atomic mass is 16.1. The lowest BCUT2D eigenvalue weighted by molar-refractivity contribution is 0.100. The van der Waals surface area contributed by atoms with Crippen LogP contribution >= 0.6 is 0 Å². The number of carbonyl (C=O) groups is 1. The number of carbonyl (C=O) groups excluding carboxylic acids is 1. The van der Waals surface area contributed by atoms with E-state index in [0.29, 0.717) is 5.65 Å². The standard InChI is InChI=1S/C23H17N3.C7H7N5O/c1-2-18-16-21-23(26-22(18)19-6-4-3-5-7-19)20(12-15-25-21)9-8-17-10-13-24-14-11-17;8-5-4(6(9)13)7-10-2-1-3-12(7)11-5/h3-7,10-16H,2H2,1H3;1-3H,(H2,8,11)(H2,9,13). The van der Waals surface area contributed by atoms with E-state index < -0.39 is 5.91 Å². The molecule has 1 aromatic carbocycles. The quantitative estimate of drug-likeness (QED) is 0.341. The molecule has 0 aliphatic heterocycles. The van der Waals surface area contributed by atoms with Gasteiger partial charge in [-0.25, -0.2) is 14.5 Å². The maximum atomic E-state index is 10.9. The third-order valence-corrected chi connectivity index (χ3v) is 5.91. The van der Waals surface area contributed by atoms with Crippen LogP contribution in [0.5, 0.6) is 0 Å². The summed E-state index contributed by atoms with van der Waals surface area (Å²) >= 11 is 0. The van der Waals surface area contributed by atoms with E-state index in [9.17, 15) is 4.79 Å². The van der Waals surface area contributed by atoms with Crippen molar-refractivity contribution in [3.63, 3.8) is 0 Å². The number of anilines is 1. The Hall–Kier alpha value is -5.62. The maximum absolute atomic E-state index is 10.9.